The highest BCUT2D eigenvalue weighted by molar-refractivity contribution is 8.01. The fourth-order valence-electron chi connectivity index (χ4n) is 2.83. The summed E-state index contributed by atoms with van der Waals surface area (Å²) in [5, 5.41) is 14.8. The third-order valence-corrected chi connectivity index (χ3v) is 6.69. The van der Waals surface area contributed by atoms with E-state index < -0.39 is 5.82 Å². The molecule has 0 unspecified atom stereocenters. The SMILES string of the molecule is CC(=O)NCCc1ccc(C(=O)CSc2nnc(Nc3cccc(C)c3C)s2)cc1F. The highest BCUT2D eigenvalue weighted by Gasteiger charge is 2.13. The van der Waals surface area contributed by atoms with E-state index in [2.05, 4.69) is 20.8 Å². The van der Waals surface area contributed by atoms with Crippen LogP contribution in [0.15, 0.2) is 40.7 Å². The molecule has 0 aliphatic heterocycles. The van der Waals surface area contributed by atoms with Crippen LogP contribution in [-0.2, 0) is 11.2 Å². The van der Waals surface area contributed by atoms with E-state index in [0.717, 1.165) is 11.3 Å². The molecule has 9 heteroatoms. The first-order valence-electron chi connectivity index (χ1n) is 9.69. The number of hydrogen-bond acceptors (Lipinski definition) is 7. The third-order valence-electron chi connectivity index (χ3n) is 4.72. The Kier molecular flexibility index (Phi) is 7.75. The molecule has 3 aromatic rings. The van der Waals surface area contributed by atoms with E-state index >= 15 is 0 Å². The van der Waals surface area contributed by atoms with Crippen molar-refractivity contribution in [2.24, 2.45) is 0 Å². The summed E-state index contributed by atoms with van der Waals surface area (Å²) < 4.78 is 14.9. The second kappa shape index (κ2) is 10.5. The maximum Gasteiger partial charge on any atom is 0.216 e. The zero-order chi connectivity index (χ0) is 22.4. The number of Topliss-reactive ketones (excluding diaryl/α,β-unsaturated/α-hetero) is 1. The number of ketones is 1. The molecule has 0 aliphatic carbocycles. The molecule has 162 valence electrons. The lowest BCUT2D eigenvalue weighted by Gasteiger charge is -2.08. The van der Waals surface area contributed by atoms with Gasteiger partial charge in [-0.05, 0) is 49.1 Å². The van der Waals surface area contributed by atoms with Crippen molar-refractivity contribution in [2.75, 3.05) is 17.6 Å². The molecule has 1 heterocycles. The molecule has 0 saturated heterocycles. The van der Waals surface area contributed by atoms with Gasteiger partial charge in [0.25, 0.3) is 0 Å². The van der Waals surface area contributed by atoms with Crippen LogP contribution in [-0.4, -0.2) is 34.2 Å². The fraction of sp³-hybridized carbons (Fsp3) is 0.273. The maximum atomic E-state index is 14.3. The standard InChI is InChI=1S/C22H23FN4O2S2/c1-13-5-4-6-19(14(13)2)25-21-26-27-22(31-21)30-12-20(29)17-8-7-16(18(23)11-17)9-10-24-15(3)28/h4-8,11H,9-10,12H2,1-3H3,(H,24,28)(H,25,26). The topological polar surface area (TPSA) is 84.0 Å². The van der Waals surface area contributed by atoms with Crippen molar-refractivity contribution < 1.29 is 14.0 Å². The molecule has 0 spiro atoms. The Balaban J connectivity index is 1.55. The number of benzene rings is 2. The second-order valence-corrected chi connectivity index (χ2v) is 9.20. The van der Waals surface area contributed by atoms with Gasteiger partial charge >= 0.3 is 0 Å². The number of halogens is 1. The molecular weight excluding hydrogens is 435 g/mol. The predicted molar refractivity (Wildman–Crippen MR) is 123 cm³/mol. The molecule has 3 rings (SSSR count). The number of nitrogens with zero attached hydrogens (tertiary/aromatic N) is 2. The van der Waals surface area contributed by atoms with Crippen LogP contribution in [0.4, 0.5) is 15.2 Å². The molecule has 6 nitrogen and oxygen atoms in total. The van der Waals surface area contributed by atoms with Crippen LogP contribution >= 0.6 is 23.1 Å². The van der Waals surface area contributed by atoms with Gasteiger partial charge in [-0.15, -0.1) is 10.2 Å². The Morgan fingerprint density at radius 1 is 1.16 bits per heavy atom. The highest BCUT2D eigenvalue weighted by Crippen LogP contribution is 2.30. The lowest BCUT2D eigenvalue weighted by molar-refractivity contribution is -0.118. The van der Waals surface area contributed by atoms with Gasteiger partial charge in [-0.25, -0.2) is 4.39 Å². The average molecular weight is 459 g/mol. The minimum atomic E-state index is -0.447. The third kappa shape index (κ3) is 6.35. The van der Waals surface area contributed by atoms with Gasteiger partial charge < -0.3 is 10.6 Å². The summed E-state index contributed by atoms with van der Waals surface area (Å²) in [6, 6.07) is 10.5. The van der Waals surface area contributed by atoms with Crippen LogP contribution in [0, 0.1) is 19.7 Å². The van der Waals surface area contributed by atoms with Gasteiger partial charge in [0.15, 0.2) is 10.1 Å². The average Bonchev–Trinajstić information content (AvgIpc) is 3.18. The zero-order valence-corrected chi connectivity index (χ0v) is 19.1. The number of carbonyl (C=O) groups excluding carboxylic acids is 2. The highest BCUT2D eigenvalue weighted by atomic mass is 32.2. The summed E-state index contributed by atoms with van der Waals surface area (Å²) >= 11 is 2.64. The number of thioether (sulfide) groups is 1. The Hall–Kier alpha value is -2.78. The number of aromatic nitrogens is 2. The number of rotatable bonds is 9. The van der Waals surface area contributed by atoms with Crippen molar-refractivity contribution in [1.82, 2.24) is 15.5 Å². The van der Waals surface area contributed by atoms with Crippen LogP contribution in [0.2, 0.25) is 0 Å². The van der Waals surface area contributed by atoms with Crippen molar-refractivity contribution >= 4 is 45.6 Å². The molecule has 31 heavy (non-hydrogen) atoms. The zero-order valence-electron chi connectivity index (χ0n) is 17.5. The van der Waals surface area contributed by atoms with E-state index in [1.807, 2.05) is 32.0 Å². The Bertz CT molecular complexity index is 1100. The maximum absolute atomic E-state index is 14.3. The van der Waals surface area contributed by atoms with Crippen molar-refractivity contribution in [2.45, 2.75) is 31.5 Å². The van der Waals surface area contributed by atoms with Gasteiger partial charge in [0.1, 0.15) is 5.82 Å². The van der Waals surface area contributed by atoms with Crippen LogP contribution < -0.4 is 10.6 Å². The van der Waals surface area contributed by atoms with Gasteiger partial charge in [0.05, 0.1) is 5.75 Å². The van der Waals surface area contributed by atoms with E-state index in [4.69, 9.17) is 0 Å². The smallest absolute Gasteiger partial charge is 0.216 e. The summed E-state index contributed by atoms with van der Waals surface area (Å²) in [7, 11) is 0. The molecule has 2 aromatic carbocycles. The van der Waals surface area contributed by atoms with Crippen molar-refractivity contribution in [3.05, 3.63) is 64.5 Å². The number of aryl methyl sites for hydroxylation is 1. The first-order chi connectivity index (χ1) is 14.8. The number of carbonyl (C=O) groups is 2. The molecule has 1 amide bonds. The molecule has 2 N–H and O–H groups in total. The molecule has 1 aromatic heterocycles. The predicted octanol–water partition coefficient (Wildman–Crippen LogP) is 4.69. The van der Waals surface area contributed by atoms with Gasteiger partial charge in [-0.1, -0.05) is 47.4 Å². The molecule has 0 atom stereocenters. The monoisotopic (exact) mass is 458 g/mol. The van der Waals surface area contributed by atoms with Crippen LogP contribution in [0.3, 0.4) is 0 Å². The molecule has 0 aliphatic rings. The Labute approximate surface area is 188 Å². The summed E-state index contributed by atoms with van der Waals surface area (Å²) in [6.07, 6.45) is 0.371. The summed E-state index contributed by atoms with van der Waals surface area (Å²) in [5.74, 6) is -0.648. The van der Waals surface area contributed by atoms with Crippen molar-refractivity contribution in [3.63, 3.8) is 0 Å². The van der Waals surface area contributed by atoms with E-state index in [9.17, 15) is 14.0 Å². The summed E-state index contributed by atoms with van der Waals surface area (Å²) in [4.78, 5) is 23.4. The molecule has 0 bridgehead atoms. The molecule has 0 fully saturated rings. The molecule has 0 radical (unpaired) electrons. The van der Waals surface area contributed by atoms with Crippen LogP contribution in [0.25, 0.3) is 0 Å². The first kappa shape index (κ1) is 22.9. The minimum absolute atomic E-state index is 0.142. The largest absolute Gasteiger partial charge is 0.356 e. The van der Waals surface area contributed by atoms with Gasteiger partial charge in [-0.3, -0.25) is 9.59 Å². The van der Waals surface area contributed by atoms with Gasteiger partial charge in [-0.2, -0.15) is 0 Å². The molecule has 0 saturated carbocycles. The minimum Gasteiger partial charge on any atom is -0.356 e. The van der Waals surface area contributed by atoms with E-state index in [0.29, 0.717) is 33.6 Å². The number of hydrogen-bond donors (Lipinski definition) is 2. The van der Waals surface area contributed by atoms with Crippen LogP contribution in [0.5, 0.6) is 0 Å². The summed E-state index contributed by atoms with van der Waals surface area (Å²) in [6.45, 7) is 5.85. The van der Waals surface area contributed by atoms with E-state index in [1.165, 1.54) is 41.7 Å². The van der Waals surface area contributed by atoms with E-state index in [1.54, 1.807) is 12.1 Å². The number of amides is 1. The van der Waals surface area contributed by atoms with Gasteiger partial charge in [0, 0.05) is 24.7 Å². The lowest BCUT2D eigenvalue weighted by Crippen LogP contribution is -2.22. The quantitative estimate of drug-likeness (QED) is 0.357. The first-order valence-corrected chi connectivity index (χ1v) is 11.5. The Morgan fingerprint density at radius 3 is 2.71 bits per heavy atom. The fourth-order valence-corrected chi connectivity index (χ4v) is 4.49. The molecular formula is C22H23FN4O2S2. The number of nitrogens with one attached hydrogen (secondary N) is 2. The van der Waals surface area contributed by atoms with Crippen molar-refractivity contribution in [3.8, 4) is 0 Å². The van der Waals surface area contributed by atoms with E-state index in [-0.39, 0.29) is 17.4 Å². The summed E-state index contributed by atoms with van der Waals surface area (Å²) in [5.41, 5.74) is 4.07. The lowest BCUT2D eigenvalue weighted by atomic mass is 10.1. The second-order valence-electron chi connectivity index (χ2n) is 7.00. The van der Waals surface area contributed by atoms with Gasteiger partial charge in [0.2, 0.25) is 11.0 Å². The van der Waals surface area contributed by atoms with Crippen molar-refractivity contribution in [1.29, 1.82) is 0 Å². The number of anilines is 2. The van der Waals surface area contributed by atoms with Crippen LogP contribution in [0.1, 0.15) is 34.0 Å². The normalized spacial score (nSPS) is 10.7. The Morgan fingerprint density at radius 2 is 1.97 bits per heavy atom.